The Labute approximate surface area is 119 Å². The minimum absolute atomic E-state index is 0.0859. The van der Waals surface area contributed by atoms with Gasteiger partial charge >= 0.3 is 0 Å². The molecule has 1 aromatic carbocycles. The zero-order valence-electron chi connectivity index (χ0n) is 12.0. The van der Waals surface area contributed by atoms with Gasteiger partial charge in [0.15, 0.2) is 0 Å². The summed E-state index contributed by atoms with van der Waals surface area (Å²) >= 11 is 0. The first-order chi connectivity index (χ1) is 9.08. The molecule has 1 fully saturated rings. The first kappa shape index (κ1) is 14.7. The highest BCUT2D eigenvalue weighted by molar-refractivity contribution is 7.85. The number of benzene rings is 1. The molecule has 106 valence electrons. The Morgan fingerprint density at radius 2 is 1.89 bits per heavy atom. The summed E-state index contributed by atoms with van der Waals surface area (Å²) in [7, 11) is -0.959. The average molecular weight is 279 g/mol. The van der Waals surface area contributed by atoms with Crippen LogP contribution in [-0.2, 0) is 10.8 Å². The van der Waals surface area contributed by atoms with Crippen molar-refractivity contribution in [3.05, 3.63) is 29.3 Å². The molecule has 2 rings (SSSR count). The number of hydrogen-bond acceptors (Lipinski definition) is 2. The second-order valence-corrected chi connectivity index (χ2v) is 7.32. The molecule has 1 aromatic rings. The van der Waals surface area contributed by atoms with E-state index in [1.807, 2.05) is 12.1 Å². The molecule has 1 aliphatic rings. The molecular weight excluding hydrogens is 254 g/mol. The summed E-state index contributed by atoms with van der Waals surface area (Å²) < 4.78 is 12.4. The van der Waals surface area contributed by atoms with Gasteiger partial charge in [0.25, 0.3) is 0 Å². The standard InChI is InChI=1S/C16H25NOS/c1-12-8-9-15(10-13(12)2)19(18)11-16(17)14-6-4-3-5-7-14/h8-10,14,16H,3-7,11,17H2,1-2H3. The Balaban J connectivity index is 1.97. The van der Waals surface area contributed by atoms with Crippen LogP contribution in [0.25, 0.3) is 0 Å². The number of rotatable bonds is 4. The molecule has 0 saturated heterocycles. The molecule has 2 atom stereocenters. The van der Waals surface area contributed by atoms with Crippen molar-refractivity contribution in [2.75, 3.05) is 5.75 Å². The monoisotopic (exact) mass is 279 g/mol. The summed E-state index contributed by atoms with van der Waals surface area (Å²) in [6, 6.07) is 6.16. The molecule has 0 aromatic heterocycles. The van der Waals surface area contributed by atoms with Crippen LogP contribution < -0.4 is 5.73 Å². The van der Waals surface area contributed by atoms with Crippen LogP contribution in [0.5, 0.6) is 0 Å². The average Bonchev–Trinajstić information content (AvgIpc) is 2.42. The van der Waals surface area contributed by atoms with Crippen LogP contribution in [-0.4, -0.2) is 16.0 Å². The van der Waals surface area contributed by atoms with Crippen LogP contribution in [0.1, 0.15) is 43.2 Å². The first-order valence-electron chi connectivity index (χ1n) is 7.29. The second kappa shape index (κ2) is 6.67. The third kappa shape index (κ3) is 3.90. The highest BCUT2D eigenvalue weighted by Crippen LogP contribution is 2.26. The minimum atomic E-state index is -0.959. The summed E-state index contributed by atoms with van der Waals surface area (Å²) in [6.45, 7) is 4.15. The largest absolute Gasteiger partial charge is 0.327 e. The predicted octanol–water partition coefficient (Wildman–Crippen LogP) is 3.32. The normalized spacial score (nSPS) is 20.2. The lowest BCUT2D eigenvalue weighted by Gasteiger charge is -2.27. The molecule has 19 heavy (non-hydrogen) atoms. The van der Waals surface area contributed by atoms with Crippen molar-refractivity contribution in [2.24, 2.45) is 11.7 Å². The summed E-state index contributed by atoms with van der Waals surface area (Å²) in [5.74, 6) is 1.18. The van der Waals surface area contributed by atoms with Crippen molar-refractivity contribution in [1.82, 2.24) is 0 Å². The molecule has 0 bridgehead atoms. The molecule has 2 N–H and O–H groups in total. The van der Waals surface area contributed by atoms with E-state index in [4.69, 9.17) is 5.73 Å². The van der Waals surface area contributed by atoms with Gasteiger partial charge in [-0.3, -0.25) is 4.21 Å². The van der Waals surface area contributed by atoms with Gasteiger partial charge in [-0.2, -0.15) is 0 Å². The van der Waals surface area contributed by atoms with Gasteiger partial charge in [-0.15, -0.1) is 0 Å². The lowest BCUT2D eigenvalue weighted by Crippen LogP contribution is -2.36. The highest BCUT2D eigenvalue weighted by Gasteiger charge is 2.22. The van der Waals surface area contributed by atoms with E-state index in [1.165, 1.54) is 43.2 Å². The summed E-state index contributed by atoms with van der Waals surface area (Å²) in [6.07, 6.45) is 6.34. The summed E-state index contributed by atoms with van der Waals surface area (Å²) in [5.41, 5.74) is 8.71. The molecule has 0 aliphatic heterocycles. The number of aryl methyl sites for hydroxylation is 2. The second-order valence-electron chi connectivity index (χ2n) is 5.82. The van der Waals surface area contributed by atoms with Crippen LogP contribution in [0.4, 0.5) is 0 Å². The van der Waals surface area contributed by atoms with Crippen molar-refractivity contribution in [2.45, 2.75) is 56.9 Å². The molecule has 2 nitrogen and oxygen atoms in total. The topological polar surface area (TPSA) is 43.1 Å². The van der Waals surface area contributed by atoms with Crippen LogP contribution in [0, 0.1) is 19.8 Å². The predicted molar refractivity (Wildman–Crippen MR) is 81.7 cm³/mol. The smallest absolute Gasteiger partial charge is 0.0545 e. The molecule has 0 heterocycles. The van der Waals surface area contributed by atoms with E-state index in [0.717, 1.165) is 4.90 Å². The Hall–Kier alpha value is -0.670. The zero-order chi connectivity index (χ0) is 13.8. The number of hydrogen-bond donors (Lipinski definition) is 1. The van der Waals surface area contributed by atoms with E-state index in [9.17, 15) is 4.21 Å². The lowest BCUT2D eigenvalue weighted by atomic mass is 9.85. The molecular formula is C16H25NOS. The van der Waals surface area contributed by atoms with Gasteiger partial charge in [0, 0.05) is 16.7 Å². The van der Waals surface area contributed by atoms with Crippen LogP contribution in [0.15, 0.2) is 23.1 Å². The molecule has 2 unspecified atom stereocenters. The molecule has 1 aliphatic carbocycles. The Morgan fingerprint density at radius 3 is 2.53 bits per heavy atom. The molecule has 3 heteroatoms. The van der Waals surface area contributed by atoms with E-state index < -0.39 is 10.8 Å². The van der Waals surface area contributed by atoms with E-state index in [0.29, 0.717) is 11.7 Å². The fourth-order valence-corrected chi connectivity index (χ4v) is 4.17. The maximum atomic E-state index is 12.4. The van der Waals surface area contributed by atoms with Crippen molar-refractivity contribution in [1.29, 1.82) is 0 Å². The van der Waals surface area contributed by atoms with Gasteiger partial charge in [0.05, 0.1) is 10.8 Å². The van der Waals surface area contributed by atoms with Gasteiger partial charge in [-0.25, -0.2) is 0 Å². The van der Waals surface area contributed by atoms with Gasteiger partial charge in [-0.05, 0) is 55.9 Å². The zero-order valence-corrected chi connectivity index (χ0v) is 12.8. The molecule has 0 amide bonds. The third-order valence-corrected chi connectivity index (χ3v) is 5.81. The summed E-state index contributed by atoms with van der Waals surface area (Å²) in [4.78, 5) is 0.925. The lowest BCUT2D eigenvalue weighted by molar-refractivity contribution is 0.318. The van der Waals surface area contributed by atoms with Gasteiger partial charge < -0.3 is 5.73 Å². The van der Waals surface area contributed by atoms with Crippen molar-refractivity contribution >= 4 is 10.8 Å². The Bertz CT molecular complexity index is 452. The van der Waals surface area contributed by atoms with Crippen LogP contribution in [0.2, 0.25) is 0 Å². The summed E-state index contributed by atoms with van der Waals surface area (Å²) in [5, 5.41) is 0. The quantitative estimate of drug-likeness (QED) is 0.918. The first-order valence-corrected chi connectivity index (χ1v) is 8.61. The minimum Gasteiger partial charge on any atom is -0.327 e. The van der Waals surface area contributed by atoms with Crippen molar-refractivity contribution < 1.29 is 4.21 Å². The Kier molecular flexibility index (Phi) is 5.17. The van der Waals surface area contributed by atoms with Crippen LogP contribution >= 0.6 is 0 Å². The number of nitrogens with two attached hydrogens (primary N) is 1. The van der Waals surface area contributed by atoms with E-state index in [-0.39, 0.29) is 6.04 Å². The van der Waals surface area contributed by atoms with Gasteiger partial charge in [-0.1, -0.05) is 25.3 Å². The molecule has 0 radical (unpaired) electrons. The van der Waals surface area contributed by atoms with E-state index >= 15 is 0 Å². The molecule has 1 saturated carbocycles. The fraction of sp³-hybridized carbons (Fsp3) is 0.625. The van der Waals surface area contributed by atoms with E-state index in [1.54, 1.807) is 0 Å². The maximum absolute atomic E-state index is 12.4. The van der Waals surface area contributed by atoms with Crippen molar-refractivity contribution in [3.8, 4) is 0 Å². The van der Waals surface area contributed by atoms with E-state index in [2.05, 4.69) is 19.9 Å². The maximum Gasteiger partial charge on any atom is 0.0545 e. The fourth-order valence-electron chi connectivity index (χ4n) is 2.82. The molecule has 0 spiro atoms. The van der Waals surface area contributed by atoms with Crippen LogP contribution in [0.3, 0.4) is 0 Å². The Morgan fingerprint density at radius 1 is 1.21 bits per heavy atom. The van der Waals surface area contributed by atoms with Crippen molar-refractivity contribution in [3.63, 3.8) is 0 Å². The highest BCUT2D eigenvalue weighted by atomic mass is 32.2. The van der Waals surface area contributed by atoms with Gasteiger partial charge in [0.1, 0.15) is 0 Å². The SMILES string of the molecule is Cc1ccc(S(=O)CC(N)C2CCCCC2)cc1C. The van der Waals surface area contributed by atoms with Gasteiger partial charge in [0.2, 0.25) is 0 Å². The third-order valence-electron chi connectivity index (χ3n) is 4.34.